The molecule has 46 valence electrons. The number of allylic oxidation sites excluding steroid dienone is 2. The number of aliphatic imine (C=N–C) groups is 1. The highest BCUT2D eigenvalue weighted by Crippen LogP contribution is 1.94. The predicted molar refractivity (Wildman–Crippen MR) is 38.5 cm³/mol. The molecule has 0 saturated carbocycles. The van der Waals surface area contributed by atoms with Crippen LogP contribution >= 0.6 is 0 Å². The van der Waals surface area contributed by atoms with Crippen molar-refractivity contribution < 1.29 is 0 Å². The zero-order valence-electron chi connectivity index (χ0n) is 5.81. The summed E-state index contributed by atoms with van der Waals surface area (Å²) in [6.45, 7) is 4.23. The average molecular weight is 111 g/mol. The molecule has 0 aromatic carbocycles. The highest BCUT2D eigenvalue weighted by atomic mass is 14.6. The van der Waals surface area contributed by atoms with Crippen LogP contribution in [0.2, 0.25) is 0 Å². The van der Waals surface area contributed by atoms with Crippen molar-refractivity contribution in [2.45, 2.75) is 20.3 Å². The summed E-state index contributed by atoms with van der Waals surface area (Å²) in [5, 5.41) is 0. The van der Waals surface area contributed by atoms with Crippen LogP contribution in [0.1, 0.15) is 20.3 Å². The summed E-state index contributed by atoms with van der Waals surface area (Å²) in [5.41, 5.74) is 1.37. The van der Waals surface area contributed by atoms with Crippen molar-refractivity contribution in [2.75, 3.05) is 7.05 Å². The molecular formula is C7H13N. The Balaban J connectivity index is 3.57. The van der Waals surface area contributed by atoms with Gasteiger partial charge in [0.25, 0.3) is 0 Å². The van der Waals surface area contributed by atoms with Gasteiger partial charge >= 0.3 is 0 Å². The molecule has 1 nitrogen and oxygen atoms in total. The quantitative estimate of drug-likeness (QED) is 0.483. The van der Waals surface area contributed by atoms with Gasteiger partial charge in [-0.15, -0.1) is 0 Å². The van der Waals surface area contributed by atoms with Crippen molar-refractivity contribution in [3.05, 3.63) is 11.6 Å². The first-order valence-corrected chi connectivity index (χ1v) is 2.89. The van der Waals surface area contributed by atoms with Gasteiger partial charge < -0.3 is 0 Å². The van der Waals surface area contributed by atoms with E-state index in [1.807, 2.05) is 12.3 Å². The van der Waals surface area contributed by atoms with E-state index in [4.69, 9.17) is 0 Å². The Bertz CT molecular complexity index is 101. The van der Waals surface area contributed by atoms with Gasteiger partial charge in [-0.05, 0) is 19.4 Å². The Morgan fingerprint density at radius 1 is 1.62 bits per heavy atom. The summed E-state index contributed by atoms with van der Waals surface area (Å²) in [7, 11) is 1.78. The number of hydrogen-bond acceptors (Lipinski definition) is 1. The van der Waals surface area contributed by atoms with E-state index in [-0.39, 0.29) is 0 Å². The van der Waals surface area contributed by atoms with Gasteiger partial charge in [0.2, 0.25) is 0 Å². The summed E-state index contributed by atoms with van der Waals surface area (Å²) in [6.07, 6.45) is 4.96. The second-order valence-electron chi connectivity index (χ2n) is 1.77. The van der Waals surface area contributed by atoms with Crippen molar-refractivity contribution in [1.82, 2.24) is 0 Å². The Morgan fingerprint density at radius 2 is 2.25 bits per heavy atom. The summed E-state index contributed by atoms with van der Waals surface area (Å²) < 4.78 is 0. The second kappa shape index (κ2) is 4.57. The molecular weight excluding hydrogens is 98.1 g/mol. The third-order valence-electron chi connectivity index (χ3n) is 1.07. The lowest BCUT2D eigenvalue weighted by Gasteiger charge is -1.86. The molecule has 0 unspecified atom stereocenters. The molecule has 0 bridgehead atoms. The molecule has 0 aliphatic carbocycles. The third kappa shape index (κ3) is 3.59. The molecule has 0 saturated heterocycles. The van der Waals surface area contributed by atoms with Gasteiger partial charge in [-0.1, -0.05) is 12.5 Å². The van der Waals surface area contributed by atoms with E-state index in [1.165, 1.54) is 5.57 Å². The third-order valence-corrected chi connectivity index (χ3v) is 1.07. The van der Waals surface area contributed by atoms with Gasteiger partial charge in [0.05, 0.1) is 0 Å². The van der Waals surface area contributed by atoms with Crippen LogP contribution in [0, 0.1) is 0 Å². The molecule has 0 aromatic rings. The molecule has 0 N–H and O–H groups in total. The molecule has 8 heavy (non-hydrogen) atoms. The summed E-state index contributed by atoms with van der Waals surface area (Å²) in [5.74, 6) is 0. The molecule has 1 heteroatoms. The standard InChI is InChI=1S/C7H13N/c1-4-7(2)5-6-8-3/h5-6H,4H2,1-3H3/b7-5+,8-6-. The van der Waals surface area contributed by atoms with Gasteiger partial charge in [-0.2, -0.15) is 0 Å². The first kappa shape index (κ1) is 7.41. The largest absolute Gasteiger partial charge is 0.297 e. The SMILES string of the molecule is CC/C(C)=C/C=N\C. The van der Waals surface area contributed by atoms with E-state index in [0.29, 0.717) is 0 Å². The minimum absolute atomic E-state index is 1.12. The summed E-state index contributed by atoms with van der Waals surface area (Å²) >= 11 is 0. The van der Waals surface area contributed by atoms with Crippen LogP contribution < -0.4 is 0 Å². The van der Waals surface area contributed by atoms with Gasteiger partial charge in [0.1, 0.15) is 0 Å². The van der Waals surface area contributed by atoms with Gasteiger partial charge in [0.15, 0.2) is 0 Å². The lowest BCUT2D eigenvalue weighted by Crippen LogP contribution is -1.71. The summed E-state index contributed by atoms with van der Waals surface area (Å²) in [4.78, 5) is 3.82. The first-order chi connectivity index (χ1) is 3.81. The molecule has 0 radical (unpaired) electrons. The molecule has 0 aromatic heterocycles. The van der Waals surface area contributed by atoms with Crippen LogP contribution in [0.4, 0.5) is 0 Å². The Hall–Kier alpha value is -0.590. The number of nitrogens with zero attached hydrogens (tertiary/aromatic N) is 1. The minimum atomic E-state index is 1.12. The molecule has 0 aliphatic rings. The molecule has 0 atom stereocenters. The fourth-order valence-electron chi connectivity index (χ4n) is 0.320. The highest BCUT2D eigenvalue weighted by molar-refractivity contribution is 5.71. The maximum Gasteiger partial charge on any atom is 0.0277 e. The van der Waals surface area contributed by atoms with E-state index < -0.39 is 0 Å². The molecule has 0 heterocycles. The Kier molecular flexibility index (Phi) is 4.23. The van der Waals surface area contributed by atoms with Crippen molar-refractivity contribution >= 4 is 6.21 Å². The van der Waals surface area contributed by atoms with Crippen LogP contribution in [0.25, 0.3) is 0 Å². The summed E-state index contributed by atoms with van der Waals surface area (Å²) in [6, 6.07) is 0. The zero-order chi connectivity index (χ0) is 6.41. The van der Waals surface area contributed by atoms with Crippen LogP contribution in [-0.4, -0.2) is 13.3 Å². The molecule has 0 aliphatic heterocycles. The molecule has 0 amide bonds. The van der Waals surface area contributed by atoms with Crippen molar-refractivity contribution in [1.29, 1.82) is 0 Å². The topological polar surface area (TPSA) is 12.4 Å². The lowest BCUT2D eigenvalue weighted by atomic mass is 10.2. The maximum atomic E-state index is 3.82. The van der Waals surface area contributed by atoms with Crippen molar-refractivity contribution in [2.24, 2.45) is 4.99 Å². The fourth-order valence-corrected chi connectivity index (χ4v) is 0.320. The lowest BCUT2D eigenvalue weighted by molar-refractivity contribution is 1.10. The monoisotopic (exact) mass is 111 g/mol. The van der Waals surface area contributed by atoms with E-state index in [0.717, 1.165) is 6.42 Å². The minimum Gasteiger partial charge on any atom is -0.297 e. The van der Waals surface area contributed by atoms with Crippen LogP contribution in [0.3, 0.4) is 0 Å². The molecule has 0 spiro atoms. The van der Waals surface area contributed by atoms with Crippen LogP contribution in [-0.2, 0) is 0 Å². The Morgan fingerprint density at radius 3 is 2.62 bits per heavy atom. The van der Waals surface area contributed by atoms with Crippen LogP contribution in [0.15, 0.2) is 16.6 Å². The molecule has 0 rings (SSSR count). The predicted octanol–water partition coefficient (Wildman–Crippen LogP) is 2.04. The van der Waals surface area contributed by atoms with Gasteiger partial charge in [0, 0.05) is 13.3 Å². The number of rotatable bonds is 2. The van der Waals surface area contributed by atoms with E-state index >= 15 is 0 Å². The smallest absolute Gasteiger partial charge is 0.0277 e. The number of hydrogen-bond donors (Lipinski definition) is 0. The van der Waals surface area contributed by atoms with E-state index in [9.17, 15) is 0 Å². The van der Waals surface area contributed by atoms with Gasteiger partial charge in [-0.3, -0.25) is 4.99 Å². The zero-order valence-corrected chi connectivity index (χ0v) is 5.81. The van der Waals surface area contributed by atoms with Crippen LogP contribution in [0.5, 0.6) is 0 Å². The van der Waals surface area contributed by atoms with E-state index in [2.05, 4.69) is 18.8 Å². The molecule has 0 fully saturated rings. The fraction of sp³-hybridized carbons (Fsp3) is 0.571. The highest BCUT2D eigenvalue weighted by Gasteiger charge is 1.76. The van der Waals surface area contributed by atoms with E-state index in [1.54, 1.807) is 7.05 Å². The van der Waals surface area contributed by atoms with Crippen molar-refractivity contribution in [3.63, 3.8) is 0 Å². The average Bonchev–Trinajstić information content (AvgIpc) is 1.83. The second-order valence-corrected chi connectivity index (χ2v) is 1.77. The van der Waals surface area contributed by atoms with Crippen molar-refractivity contribution in [3.8, 4) is 0 Å². The van der Waals surface area contributed by atoms with Gasteiger partial charge in [-0.25, -0.2) is 0 Å². The Labute approximate surface area is 51.1 Å². The maximum absolute atomic E-state index is 3.82. The normalized spacial score (nSPS) is 13.1. The first-order valence-electron chi connectivity index (χ1n) is 2.89.